The van der Waals surface area contributed by atoms with Crippen molar-refractivity contribution in [2.24, 2.45) is 0 Å². The first kappa shape index (κ1) is 18.4. The molecule has 144 valence electrons. The number of nitrogens with zero attached hydrogens (tertiary/aromatic N) is 3. The zero-order valence-corrected chi connectivity index (χ0v) is 16.2. The molecule has 0 atom stereocenters. The van der Waals surface area contributed by atoms with Gasteiger partial charge in [-0.3, -0.25) is 4.79 Å². The molecule has 0 radical (unpaired) electrons. The summed E-state index contributed by atoms with van der Waals surface area (Å²) < 4.78 is 29.9. The van der Waals surface area contributed by atoms with Crippen molar-refractivity contribution in [2.75, 3.05) is 11.4 Å². The molecule has 3 aromatic rings. The van der Waals surface area contributed by atoms with E-state index in [1.807, 2.05) is 35.0 Å². The number of nitrogens with one attached hydrogen (secondary N) is 1. The molecule has 7 nitrogen and oxygen atoms in total. The summed E-state index contributed by atoms with van der Waals surface area (Å²) in [6, 6.07) is 12.5. The Kier molecular flexibility index (Phi) is 4.74. The van der Waals surface area contributed by atoms with Crippen LogP contribution in [0.1, 0.15) is 18.1 Å². The standard InChI is InChI=1S/C20H20N4O3S/c1-15(25)24-10-8-17-12-19(6-7-20(17)24)28(26,27)22-13-16-2-4-18(5-3-16)23-11-9-21-14-23/h2-7,9,11-12,14,22H,8,10,13H2,1H3. The zero-order valence-electron chi connectivity index (χ0n) is 15.4. The van der Waals surface area contributed by atoms with Crippen LogP contribution in [0, 0.1) is 0 Å². The summed E-state index contributed by atoms with van der Waals surface area (Å²) in [5.74, 6) is -0.0355. The largest absolute Gasteiger partial charge is 0.312 e. The van der Waals surface area contributed by atoms with Crippen LogP contribution in [0.15, 0.2) is 66.1 Å². The fraction of sp³-hybridized carbons (Fsp3) is 0.200. The van der Waals surface area contributed by atoms with E-state index in [0.29, 0.717) is 13.0 Å². The number of anilines is 1. The molecule has 0 saturated carbocycles. The van der Waals surface area contributed by atoms with E-state index >= 15 is 0 Å². The first-order valence-corrected chi connectivity index (χ1v) is 10.4. The van der Waals surface area contributed by atoms with Gasteiger partial charge < -0.3 is 9.47 Å². The number of imidazole rings is 1. The molecule has 1 aliphatic rings. The van der Waals surface area contributed by atoms with Crippen LogP contribution in [0.2, 0.25) is 0 Å². The molecule has 8 heteroatoms. The summed E-state index contributed by atoms with van der Waals surface area (Å²) in [7, 11) is -3.64. The van der Waals surface area contributed by atoms with E-state index in [1.54, 1.807) is 35.6 Å². The molecule has 0 fully saturated rings. The van der Waals surface area contributed by atoms with Gasteiger partial charge in [-0.2, -0.15) is 0 Å². The van der Waals surface area contributed by atoms with Gasteiger partial charge in [0.1, 0.15) is 0 Å². The average Bonchev–Trinajstić information content (AvgIpc) is 3.36. The van der Waals surface area contributed by atoms with Gasteiger partial charge in [-0.25, -0.2) is 18.1 Å². The predicted molar refractivity (Wildman–Crippen MR) is 106 cm³/mol. The van der Waals surface area contributed by atoms with Crippen molar-refractivity contribution in [2.45, 2.75) is 24.8 Å². The molecule has 28 heavy (non-hydrogen) atoms. The van der Waals surface area contributed by atoms with Crippen LogP contribution in [0.4, 0.5) is 5.69 Å². The van der Waals surface area contributed by atoms with Crippen molar-refractivity contribution >= 4 is 21.6 Å². The second-order valence-corrected chi connectivity index (χ2v) is 8.44. The Morgan fingerprint density at radius 1 is 1.18 bits per heavy atom. The fourth-order valence-electron chi connectivity index (χ4n) is 3.33. The third-order valence-electron chi connectivity index (χ3n) is 4.84. The molecule has 1 amide bonds. The third-order valence-corrected chi connectivity index (χ3v) is 6.24. The molecule has 0 unspecified atom stereocenters. The van der Waals surface area contributed by atoms with Gasteiger partial charge in [0, 0.05) is 43.8 Å². The first-order valence-electron chi connectivity index (χ1n) is 8.92. The van der Waals surface area contributed by atoms with Gasteiger partial charge in [0.05, 0.1) is 11.2 Å². The molecule has 4 rings (SSSR count). The van der Waals surface area contributed by atoms with Gasteiger partial charge in [0.25, 0.3) is 0 Å². The maximum atomic E-state index is 12.7. The van der Waals surface area contributed by atoms with Crippen LogP contribution in [0.5, 0.6) is 0 Å². The van der Waals surface area contributed by atoms with E-state index in [0.717, 1.165) is 22.5 Å². The quantitative estimate of drug-likeness (QED) is 0.717. The molecular formula is C20H20N4O3S. The average molecular weight is 396 g/mol. The number of aromatic nitrogens is 2. The van der Waals surface area contributed by atoms with Crippen molar-refractivity contribution in [1.82, 2.24) is 14.3 Å². The first-order chi connectivity index (χ1) is 13.4. The molecule has 1 aromatic heterocycles. The van der Waals surface area contributed by atoms with Crippen molar-refractivity contribution in [3.8, 4) is 5.69 Å². The third kappa shape index (κ3) is 3.56. The number of carbonyl (C=O) groups excluding carboxylic acids is 1. The Morgan fingerprint density at radius 2 is 1.96 bits per heavy atom. The number of benzene rings is 2. The lowest BCUT2D eigenvalue weighted by atomic mass is 10.2. The molecule has 0 aliphatic carbocycles. The fourth-order valence-corrected chi connectivity index (χ4v) is 4.40. The summed E-state index contributed by atoms with van der Waals surface area (Å²) >= 11 is 0. The van der Waals surface area contributed by atoms with Crippen LogP contribution in [0.3, 0.4) is 0 Å². The van der Waals surface area contributed by atoms with Crippen LogP contribution < -0.4 is 9.62 Å². The Balaban J connectivity index is 1.47. The van der Waals surface area contributed by atoms with Gasteiger partial charge in [-0.15, -0.1) is 0 Å². The number of hydrogen-bond acceptors (Lipinski definition) is 4. The van der Waals surface area contributed by atoms with Crippen molar-refractivity contribution in [3.63, 3.8) is 0 Å². The minimum Gasteiger partial charge on any atom is -0.312 e. The molecule has 1 N–H and O–H groups in total. The lowest BCUT2D eigenvalue weighted by Gasteiger charge is -2.15. The van der Waals surface area contributed by atoms with Crippen LogP contribution in [-0.4, -0.2) is 30.4 Å². The second-order valence-electron chi connectivity index (χ2n) is 6.67. The molecule has 1 aliphatic heterocycles. The van der Waals surface area contributed by atoms with E-state index < -0.39 is 10.0 Å². The van der Waals surface area contributed by atoms with Crippen molar-refractivity contribution in [1.29, 1.82) is 0 Å². The van der Waals surface area contributed by atoms with Crippen molar-refractivity contribution in [3.05, 3.63) is 72.3 Å². The Morgan fingerprint density at radius 3 is 2.64 bits per heavy atom. The Labute approximate surface area is 163 Å². The van der Waals surface area contributed by atoms with Gasteiger partial charge >= 0.3 is 0 Å². The van der Waals surface area contributed by atoms with Gasteiger partial charge in [-0.1, -0.05) is 12.1 Å². The molecule has 0 bridgehead atoms. The van der Waals surface area contributed by atoms with E-state index in [1.165, 1.54) is 6.92 Å². The molecular weight excluding hydrogens is 376 g/mol. The SMILES string of the molecule is CC(=O)N1CCc2cc(S(=O)(=O)NCc3ccc(-n4ccnc4)cc3)ccc21. The smallest absolute Gasteiger partial charge is 0.240 e. The molecule has 2 aromatic carbocycles. The summed E-state index contributed by atoms with van der Waals surface area (Å²) in [5, 5.41) is 0. The Hall–Kier alpha value is -2.97. The number of carbonyl (C=O) groups is 1. The number of amides is 1. The maximum absolute atomic E-state index is 12.7. The highest BCUT2D eigenvalue weighted by Gasteiger charge is 2.24. The second kappa shape index (κ2) is 7.21. The highest BCUT2D eigenvalue weighted by molar-refractivity contribution is 7.89. The normalized spacial score (nSPS) is 13.5. The highest BCUT2D eigenvalue weighted by Crippen LogP contribution is 2.30. The van der Waals surface area contributed by atoms with Gasteiger partial charge in [0.2, 0.25) is 15.9 Å². The molecule has 0 spiro atoms. The lowest BCUT2D eigenvalue weighted by Crippen LogP contribution is -2.26. The number of hydrogen-bond donors (Lipinski definition) is 1. The number of fused-ring (bicyclic) bond motifs is 1. The summed E-state index contributed by atoms with van der Waals surface area (Å²) in [6.45, 7) is 2.30. The zero-order chi connectivity index (χ0) is 19.7. The number of rotatable bonds is 5. The van der Waals surface area contributed by atoms with Crippen molar-refractivity contribution < 1.29 is 13.2 Å². The highest BCUT2D eigenvalue weighted by atomic mass is 32.2. The summed E-state index contributed by atoms with van der Waals surface area (Å²) in [5.41, 5.74) is 3.48. The van der Waals surface area contributed by atoms with Crippen LogP contribution in [0.25, 0.3) is 5.69 Å². The molecule has 2 heterocycles. The Bertz CT molecular complexity index is 1110. The van der Waals surface area contributed by atoms with E-state index in [9.17, 15) is 13.2 Å². The molecule has 0 saturated heterocycles. The minimum atomic E-state index is -3.64. The minimum absolute atomic E-state index is 0.0355. The number of sulfonamides is 1. The predicted octanol–water partition coefficient (Wildman–Crippen LogP) is 2.26. The van der Waals surface area contributed by atoms with E-state index in [4.69, 9.17) is 0 Å². The maximum Gasteiger partial charge on any atom is 0.240 e. The summed E-state index contributed by atoms with van der Waals surface area (Å²) in [6.07, 6.45) is 5.92. The summed E-state index contributed by atoms with van der Waals surface area (Å²) in [4.78, 5) is 17.5. The van der Waals surface area contributed by atoms with Gasteiger partial charge in [0.15, 0.2) is 0 Å². The monoisotopic (exact) mass is 396 g/mol. The topological polar surface area (TPSA) is 84.3 Å². The van der Waals surface area contributed by atoms with E-state index in [-0.39, 0.29) is 17.3 Å². The lowest BCUT2D eigenvalue weighted by molar-refractivity contribution is -0.116. The van der Waals surface area contributed by atoms with Crippen LogP contribution in [-0.2, 0) is 27.8 Å². The van der Waals surface area contributed by atoms with E-state index in [2.05, 4.69) is 9.71 Å². The van der Waals surface area contributed by atoms with Crippen LogP contribution >= 0.6 is 0 Å². The van der Waals surface area contributed by atoms with Gasteiger partial charge in [-0.05, 0) is 47.9 Å².